The van der Waals surface area contributed by atoms with E-state index in [-0.39, 0.29) is 32.9 Å². The van der Waals surface area contributed by atoms with E-state index >= 15 is 0 Å². The van der Waals surface area contributed by atoms with E-state index in [0.717, 1.165) is 87.9 Å². The Labute approximate surface area is 358 Å². The molecule has 2 saturated heterocycles. The second-order valence-electron chi connectivity index (χ2n) is 13.0. The summed E-state index contributed by atoms with van der Waals surface area (Å²) >= 11 is 12.8. The quantitative estimate of drug-likeness (QED) is 0.151. The fourth-order valence-corrected chi connectivity index (χ4v) is 6.69. The minimum absolute atomic E-state index is 0. The molecule has 0 atom stereocenters. The third-order valence-corrected chi connectivity index (χ3v) is 11.7. The van der Waals surface area contributed by atoms with Gasteiger partial charge < -0.3 is 54.3 Å². The zero-order valence-electron chi connectivity index (χ0n) is 32.0. The molecule has 14 nitrogen and oxygen atoms in total. The summed E-state index contributed by atoms with van der Waals surface area (Å²) in [6, 6.07) is 11.2. The largest absolute Gasteiger partial charge is 2.00 e. The van der Waals surface area contributed by atoms with Gasteiger partial charge in [0.2, 0.25) is 0 Å². The second-order valence-corrected chi connectivity index (χ2v) is 15.9. The molecule has 0 N–H and O–H groups in total. The fraction of sp³-hybridized carbons (Fsp3) is 0.500. The van der Waals surface area contributed by atoms with Crippen molar-refractivity contribution in [3.63, 3.8) is 0 Å². The number of carbonyl (C=O) groups is 2. The second kappa shape index (κ2) is 21.7. The zero-order chi connectivity index (χ0) is 38.8. The van der Waals surface area contributed by atoms with Crippen LogP contribution in [0.2, 0.25) is 0 Å². The minimum Gasteiger partial charge on any atom is -0.752 e. The molecule has 0 bridgehead atoms. The number of nitrogens with zero attached hydrogens (tertiary/aromatic N) is 10. The standard InChI is InChI=1S/2C18H25N5O2S2.Pt/c2*1-21-6-8-22(9-7-21)10-11-23-15-5-4-13(25-2)12-14(15)16(17(23)24)19-20-18(26)27-3;/h2*4-5,12H,6-11H2,1-3H3,(H,20,26);/q;;+2/p-2/b2*19-16+;. The first kappa shape index (κ1) is 45.0. The number of hydrogen-bond acceptors (Lipinski definition) is 16. The van der Waals surface area contributed by atoms with Gasteiger partial charge in [0, 0.05) is 89.7 Å². The van der Waals surface area contributed by atoms with Gasteiger partial charge in [-0.2, -0.15) is 10.2 Å². The van der Waals surface area contributed by atoms with Crippen molar-refractivity contribution in [3.05, 3.63) is 47.5 Å². The molecule has 19 heteroatoms. The van der Waals surface area contributed by atoms with Crippen LogP contribution in [0.25, 0.3) is 0 Å². The molecule has 55 heavy (non-hydrogen) atoms. The molecule has 0 aromatic heterocycles. The van der Waals surface area contributed by atoms with E-state index < -0.39 is 0 Å². The maximum atomic E-state index is 13.0. The van der Waals surface area contributed by atoms with Crippen molar-refractivity contribution in [1.82, 2.24) is 19.6 Å². The smallest absolute Gasteiger partial charge is 0.752 e. The van der Waals surface area contributed by atoms with Crippen LogP contribution in [-0.4, -0.2) is 171 Å². The number of ether oxygens (including phenoxy) is 2. The van der Waals surface area contributed by atoms with Gasteiger partial charge in [-0.05, 0) is 71.8 Å². The summed E-state index contributed by atoms with van der Waals surface area (Å²) in [5.41, 5.74) is 3.81. The molecule has 0 spiro atoms. The van der Waals surface area contributed by atoms with Gasteiger partial charge in [-0.3, -0.25) is 19.4 Å². The van der Waals surface area contributed by atoms with Crippen LogP contribution in [0, 0.1) is 0 Å². The normalized spacial score (nSPS) is 20.0. The number of thioether (sulfide) groups is 2. The Morgan fingerprint density at radius 1 is 0.636 bits per heavy atom. The van der Waals surface area contributed by atoms with Crippen LogP contribution >= 0.6 is 23.5 Å². The van der Waals surface area contributed by atoms with Gasteiger partial charge in [0.1, 0.15) is 11.5 Å². The van der Waals surface area contributed by atoms with Gasteiger partial charge in [0.25, 0.3) is 11.8 Å². The number of fused-ring (bicyclic) bond motifs is 2. The third kappa shape index (κ3) is 11.7. The number of benzene rings is 2. The van der Waals surface area contributed by atoms with Crippen molar-refractivity contribution < 1.29 is 40.1 Å². The van der Waals surface area contributed by atoms with Gasteiger partial charge in [-0.15, -0.1) is 33.7 Å². The van der Waals surface area contributed by atoms with Crippen molar-refractivity contribution >= 4 is 92.1 Å². The van der Waals surface area contributed by atoms with Crippen molar-refractivity contribution in [2.45, 2.75) is 0 Å². The summed E-state index contributed by atoms with van der Waals surface area (Å²) in [6.45, 7) is 11.2. The first-order valence-corrected chi connectivity index (χ1v) is 20.9. The molecule has 300 valence electrons. The van der Waals surface area contributed by atoms with Gasteiger partial charge in [-0.1, -0.05) is 0 Å². The van der Waals surface area contributed by atoms with Gasteiger partial charge in [0.15, 0.2) is 11.4 Å². The molecule has 6 rings (SSSR count). The number of piperazine rings is 2. The number of amides is 2. The molecular weight excluding hydrogens is 960 g/mol. The Bertz CT molecular complexity index is 1650. The SMILES string of the molecule is COc1ccc2c(c1)/C(=N\N=C(/[S-])SC)C(=O)N2CCN1CCN(C)CC1.COc1ccc2c(c1)/C(=N\N=C(/[S-])SC)C(=O)N2CCN1CCN(C)CC1.[Pt+2]. The maximum Gasteiger partial charge on any atom is 2.00 e. The molecule has 0 saturated carbocycles. The molecule has 2 fully saturated rings. The number of methoxy groups -OCH3 is 2. The Kier molecular flexibility index (Phi) is 17.8. The van der Waals surface area contributed by atoms with Crippen molar-refractivity contribution in [1.29, 1.82) is 0 Å². The van der Waals surface area contributed by atoms with Crippen molar-refractivity contribution in [2.75, 3.05) is 129 Å². The molecule has 0 unspecified atom stereocenters. The van der Waals surface area contributed by atoms with E-state index in [9.17, 15) is 9.59 Å². The Hall–Kier alpha value is -2.67. The number of carbonyl (C=O) groups excluding carboxylic acids is 2. The molecule has 0 aliphatic carbocycles. The van der Waals surface area contributed by atoms with Crippen LogP contribution in [0.1, 0.15) is 11.1 Å². The van der Waals surface area contributed by atoms with Crippen LogP contribution in [0.4, 0.5) is 11.4 Å². The predicted molar refractivity (Wildman–Crippen MR) is 228 cm³/mol. The third-order valence-electron chi connectivity index (χ3n) is 9.68. The van der Waals surface area contributed by atoms with Gasteiger partial charge in [-0.25, -0.2) is 0 Å². The van der Waals surface area contributed by atoms with E-state index in [1.807, 2.05) is 48.9 Å². The summed E-state index contributed by atoms with van der Waals surface area (Å²) in [4.78, 5) is 39.0. The van der Waals surface area contributed by atoms with E-state index in [1.165, 1.54) is 23.5 Å². The molecule has 4 aliphatic heterocycles. The maximum absolute atomic E-state index is 13.0. The van der Waals surface area contributed by atoms with E-state index in [4.69, 9.17) is 34.7 Å². The summed E-state index contributed by atoms with van der Waals surface area (Å²) in [7, 11) is 7.48. The number of hydrogen-bond donors (Lipinski definition) is 0. The molecule has 4 heterocycles. The first-order chi connectivity index (χ1) is 26.1. The predicted octanol–water partition coefficient (Wildman–Crippen LogP) is 2.52. The van der Waals surface area contributed by atoms with Crippen molar-refractivity contribution in [3.8, 4) is 11.5 Å². The molecule has 4 aliphatic rings. The van der Waals surface area contributed by atoms with Crippen LogP contribution < -0.4 is 19.3 Å². The van der Waals surface area contributed by atoms with Crippen LogP contribution in [0.5, 0.6) is 11.5 Å². The van der Waals surface area contributed by atoms with Crippen LogP contribution in [-0.2, 0) is 55.9 Å². The topological polar surface area (TPSA) is 121 Å². The molecular formula is C36H48N10O4PtS4. The summed E-state index contributed by atoms with van der Waals surface area (Å²) < 4.78 is 11.4. The average molecular weight is 1010 g/mol. The Balaban J connectivity index is 0.000000240. The monoisotopic (exact) mass is 1010 g/mol. The number of likely N-dealkylation sites (N-methyl/N-ethyl adjacent to an activating group) is 2. The number of anilines is 2. The zero-order valence-corrected chi connectivity index (χ0v) is 37.5. The van der Waals surface area contributed by atoms with E-state index in [0.29, 0.717) is 44.8 Å². The Morgan fingerprint density at radius 2 is 1.00 bits per heavy atom. The molecule has 2 amide bonds. The van der Waals surface area contributed by atoms with Gasteiger partial charge >= 0.3 is 21.1 Å². The summed E-state index contributed by atoms with van der Waals surface area (Å²) in [6.07, 6.45) is 3.67. The molecule has 2 aromatic carbocycles. The van der Waals surface area contributed by atoms with Gasteiger partial charge in [0.05, 0.1) is 25.6 Å². The summed E-state index contributed by atoms with van der Waals surface area (Å²) in [5.74, 6) is 1.09. The molecule has 0 radical (unpaired) electrons. The summed E-state index contributed by atoms with van der Waals surface area (Å²) in [5, 5.41) is 16.3. The van der Waals surface area contributed by atoms with Crippen molar-refractivity contribution in [2.24, 2.45) is 20.4 Å². The van der Waals surface area contributed by atoms with Crippen LogP contribution in [0.15, 0.2) is 56.8 Å². The van der Waals surface area contributed by atoms with E-state index in [1.54, 1.807) is 24.0 Å². The molecule has 2 aromatic rings. The Morgan fingerprint density at radius 3 is 1.33 bits per heavy atom. The fourth-order valence-electron chi connectivity index (χ4n) is 6.37. The minimum atomic E-state index is -0.139. The average Bonchev–Trinajstić information content (AvgIpc) is 3.61. The van der Waals surface area contributed by atoms with E-state index in [2.05, 4.69) is 54.1 Å². The number of rotatable bonds is 10. The van der Waals surface area contributed by atoms with Crippen LogP contribution in [0.3, 0.4) is 0 Å². The first-order valence-electron chi connectivity index (χ1n) is 17.6.